The zero-order valence-electron chi connectivity index (χ0n) is 8.85. The van der Waals surface area contributed by atoms with Crippen LogP contribution in [-0.2, 0) is 0 Å². The minimum absolute atomic E-state index is 0.0989. The van der Waals surface area contributed by atoms with E-state index in [-0.39, 0.29) is 5.69 Å². The zero-order chi connectivity index (χ0) is 12.3. The predicted octanol–water partition coefficient (Wildman–Crippen LogP) is 2.06. The van der Waals surface area contributed by atoms with E-state index in [4.69, 9.17) is 5.73 Å². The summed E-state index contributed by atoms with van der Waals surface area (Å²) in [6.07, 6.45) is 2.44. The lowest BCUT2D eigenvalue weighted by molar-refractivity contribution is 0.102. The molecule has 5 heteroatoms. The Morgan fingerprint density at radius 1 is 1.24 bits per heavy atom. The fraction of sp³-hybridized carbons (Fsp3) is 0. The normalized spacial score (nSPS) is 9.94. The van der Waals surface area contributed by atoms with Crippen molar-refractivity contribution in [2.45, 2.75) is 0 Å². The van der Waals surface area contributed by atoms with Crippen molar-refractivity contribution in [3.8, 4) is 0 Å². The van der Waals surface area contributed by atoms with Crippen LogP contribution in [0.5, 0.6) is 0 Å². The third-order valence-electron chi connectivity index (χ3n) is 2.19. The minimum Gasteiger partial charge on any atom is -0.399 e. The molecule has 0 saturated carbocycles. The number of halogens is 1. The molecule has 0 saturated heterocycles. The molecule has 1 aromatic heterocycles. The van der Waals surface area contributed by atoms with Crippen LogP contribution in [0.1, 0.15) is 10.4 Å². The van der Waals surface area contributed by atoms with Gasteiger partial charge in [-0.15, -0.1) is 0 Å². The number of carbonyl (C=O) groups is 1. The largest absolute Gasteiger partial charge is 0.399 e. The molecular weight excluding hydrogens is 221 g/mol. The van der Waals surface area contributed by atoms with E-state index in [1.807, 2.05) is 0 Å². The van der Waals surface area contributed by atoms with E-state index in [1.165, 1.54) is 12.3 Å². The van der Waals surface area contributed by atoms with Crippen molar-refractivity contribution in [2.75, 3.05) is 11.1 Å². The van der Waals surface area contributed by atoms with Gasteiger partial charge >= 0.3 is 0 Å². The van der Waals surface area contributed by atoms with Crippen LogP contribution in [0.4, 0.5) is 15.8 Å². The first kappa shape index (κ1) is 11.1. The summed E-state index contributed by atoms with van der Waals surface area (Å²) in [5, 5.41) is 2.45. The molecule has 1 aromatic carbocycles. The Kier molecular flexibility index (Phi) is 3.00. The molecule has 1 heterocycles. The van der Waals surface area contributed by atoms with E-state index in [9.17, 15) is 9.18 Å². The highest BCUT2D eigenvalue weighted by Gasteiger charge is 2.08. The molecular formula is C12H10FN3O. The molecule has 0 aliphatic heterocycles. The van der Waals surface area contributed by atoms with Gasteiger partial charge in [0.2, 0.25) is 0 Å². The van der Waals surface area contributed by atoms with Gasteiger partial charge in [-0.25, -0.2) is 4.39 Å². The summed E-state index contributed by atoms with van der Waals surface area (Å²) in [5.74, 6) is -0.966. The second kappa shape index (κ2) is 4.61. The smallest absolute Gasteiger partial charge is 0.255 e. The Balaban J connectivity index is 2.17. The SMILES string of the molecule is Nc1ccc(C(=O)Nc2ccncc2F)cc1. The van der Waals surface area contributed by atoms with Crippen molar-refractivity contribution in [3.63, 3.8) is 0 Å². The first-order valence-electron chi connectivity index (χ1n) is 4.93. The fourth-order valence-corrected chi connectivity index (χ4v) is 1.31. The van der Waals surface area contributed by atoms with Crippen molar-refractivity contribution >= 4 is 17.3 Å². The molecule has 86 valence electrons. The number of hydrogen-bond donors (Lipinski definition) is 2. The molecule has 2 aromatic rings. The zero-order valence-corrected chi connectivity index (χ0v) is 8.85. The number of carbonyl (C=O) groups excluding carboxylic acids is 1. The summed E-state index contributed by atoms with van der Waals surface area (Å²) >= 11 is 0. The van der Waals surface area contributed by atoms with E-state index in [1.54, 1.807) is 24.3 Å². The summed E-state index contributed by atoms with van der Waals surface area (Å²) in [6, 6.07) is 7.76. The molecule has 0 unspecified atom stereocenters. The van der Waals surface area contributed by atoms with Crippen molar-refractivity contribution in [3.05, 3.63) is 54.1 Å². The van der Waals surface area contributed by atoms with Gasteiger partial charge in [-0.3, -0.25) is 9.78 Å². The Labute approximate surface area is 97.3 Å². The maximum atomic E-state index is 13.2. The van der Waals surface area contributed by atoms with Gasteiger partial charge in [-0.05, 0) is 30.3 Å². The van der Waals surface area contributed by atoms with Gasteiger partial charge < -0.3 is 11.1 Å². The van der Waals surface area contributed by atoms with Crippen LogP contribution in [-0.4, -0.2) is 10.9 Å². The molecule has 0 radical (unpaired) electrons. The fourth-order valence-electron chi connectivity index (χ4n) is 1.31. The molecule has 2 rings (SSSR count). The Morgan fingerprint density at radius 2 is 1.94 bits per heavy atom. The highest BCUT2D eigenvalue weighted by atomic mass is 19.1. The highest BCUT2D eigenvalue weighted by Crippen LogP contribution is 2.13. The van der Waals surface area contributed by atoms with Gasteiger partial charge in [0.15, 0.2) is 5.82 Å². The molecule has 0 aliphatic carbocycles. The lowest BCUT2D eigenvalue weighted by Crippen LogP contribution is -2.13. The van der Waals surface area contributed by atoms with Crippen LogP contribution in [0.3, 0.4) is 0 Å². The first-order chi connectivity index (χ1) is 8.16. The molecule has 1 amide bonds. The number of nitrogens with one attached hydrogen (secondary N) is 1. The molecule has 17 heavy (non-hydrogen) atoms. The van der Waals surface area contributed by atoms with Crippen molar-refractivity contribution in [1.82, 2.24) is 4.98 Å². The number of nitrogen functional groups attached to an aromatic ring is 1. The maximum Gasteiger partial charge on any atom is 0.255 e. The Bertz CT molecular complexity index is 540. The average Bonchev–Trinajstić information content (AvgIpc) is 2.33. The number of amides is 1. The lowest BCUT2D eigenvalue weighted by Gasteiger charge is -2.05. The number of benzene rings is 1. The lowest BCUT2D eigenvalue weighted by atomic mass is 10.2. The molecule has 0 aliphatic rings. The van der Waals surface area contributed by atoms with E-state index in [0.717, 1.165) is 6.20 Å². The summed E-state index contributed by atoms with van der Waals surface area (Å²) < 4.78 is 13.2. The Morgan fingerprint density at radius 3 is 2.59 bits per heavy atom. The second-order valence-electron chi connectivity index (χ2n) is 3.43. The summed E-state index contributed by atoms with van der Waals surface area (Å²) in [6.45, 7) is 0. The molecule has 0 spiro atoms. The van der Waals surface area contributed by atoms with Crippen LogP contribution < -0.4 is 11.1 Å². The van der Waals surface area contributed by atoms with Crippen LogP contribution in [0, 0.1) is 5.82 Å². The highest BCUT2D eigenvalue weighted by molar-refractivity contribution is 6.04. The molecule has 3 N–H and O–H groups in total. The van der Waals surface area contributed by atoms with Crippen LogP contribution in [0.2, 0.25) is 0 Å². The number of nitrogens with two attached hydrogens (primary N) is 1. The average molecular weight is 231 g/mol. The van der Waals surface area contributed by atoms with E-state index in [0.29, 0.717) is 11.3 Å². The maximum absolute atomic E-state index is 13.2. The molecule has 4 nitrogen and oxygen atoms in total. The van der Waals surface area contributed by atoms with Gasteiger partial charge in [0, 0.05) is 17.4 Å². The number of pyridine rings is 1. The van der Waals surface area contributed by atoms with E-state index < -0.39 is 11.7 Å². The molecule has 0 bridgehead atoms. The van der Waals surface area contributed by atoms with Crippen molar-refractivity contribution < 1.29 is 9.18 Å². The summed E-state index contributed by atoms with van der Waals surface area (Å²) in [5.41, 5.74) is 6.58. The second-order valence-corrected chi connectivity index (χ2v) is 3.43. The Hall–Kier alpha value is -2.43. The van der Waals surface area contributed by atoms with Gasteiger partial charge in [-0.1, -0.05) is 0 Å². The molecule has 0 fully saturated rings. The third-order valence-corrected chi connectivity index (χ3v) is 2.19. The number of rotatable bonds is 2. The van der Waals surface area contributed by atoms with Gasteiger partial charge in [0.1, 0.15) is 0 Å². The van der Waals surface area contributed by atoms with Crippen LogP contribution in [0.15, 0.2) is 42.7 Å². The van der Waals surface area contributed by atoms with Gasteiger partial charge in [0.25, 0.3) is 5.91 Å². The number of aromatic nitrogens is 1. The topological polar surface area (TPSA) is 68.0 Å². The van der Waals surface area contributed by atoms with Crippen LogP contribution >= 0.6 is 0 Å². The first-order valence-corrected chi connectivity index (χ1v) is 4.93. The third kappa shape index (κ3) is 2.57. The van der Waals surface area contributed by atoms with Gasteiger partial charge in [-0.2, -0.15) is 0 Å². The number of anilines is 2. The molecule has 0 atom stereocenters. The predicted molar refractivity (Wildman–Crippen MR) is 63.0 cm³/mol. The quantitative estimate of drug-likeness (QED) is 0.777. The summed E-state index contributed by atoms with van der Waals surface area (Å²) in [7, 11) is 0. The van der Waals surface area contributed by atoms with Crippen molar-refractivity contribution in [2.24, 2.45) is 0 Å². The number of hydrogen-bond acceptors (Lipinski definition) is 3. The monoisotopic (exact) mass is 231 g/mol. The summed E-state index contributed by atoms with van der Waals surface area (Å²) in [4.78, 5) is 15.3. The standard InChI is InChI=1S/C12H10FN3O/c13-10-7-15-6-5-11(10)16-12(17)8-1-3-9(14)4-2-8/h1-7H,14H2,(H,15,16,17). The van der Waals surface area contributed by atoms with Crippen LogP contribution in [0.25, 0.3) is 0 Å². The minimum atomic E-state index is -0.573. The van der Waals surface area contributed by atoms with Gasteiger partial charge in [0.05, 0.1) is 11.9 Å². The van der Waals surface area contributed by atoms with Crippen molar-refractivity contribution in [1.29, 1.82) is 0 Å². The number of nitrogens with zero attached hydrogens (tertiary/aromatic N) is 1. The van der Waals surface area contributed by atoms with E-state index >= 15 is 0 Å². The van der Waals surface area contributed by atoms with E-state index in [2.05, 4.69) is 10.3 Å².